The Morgan fingerprint density at radius 2 is 2.10 bits per heavy atom. The molecule has 5 heteroatoms. The molecule has 1 N–H and O–H groups in total. The number of amides is 2. The standard InChI is InChI=1S/C15H17ClN2O2/c1-9-8-11(9)15(20)18-7-6-17-14(19)13(18)10-4-2-3-5-12(10)16/h2-5,9,11,13H,6-8H2,1H3,(H,17,19)/t9-,11+,13-/m1/s1. The summed E-state index contributed by atoms with van der Waals surface area (Å²) in [5, 5.41) is 3.35. The number of carbonyl (C=O) groups excluding carboxylic acids is 2. The van der Waals surface area contributed by atoms with E-state index >= 15 is 0 Å². The molecule has 0 aromatic heterocycles. The van der Waals surface area contributed by atoms with Crippen LogP contribution < -0.4 is 5.32 Å². The van der Waals surface area contributed by atoms with Gasteiger partial charge >= 0.3 is 0 Å². The highest BCUT2D eigenvalue weighted by molar-refractivity contribution is 6.31. The number of hydrogen-bond acceptors (Lipinski definition) is 2. The number of nitrogens with zero attached hydrogens (tertiary/aromatic N) is 1. The summed E-state index contributed by atoms with van der Waals surface area (Å²) < 4.78 is 0. The van der Waals surface area contributed by atoms with Crippen LogP contribution in [-0.4, -0.2) is 29.8 Å². The van der Waals surface area contributed by atoms with Crippen LogP contribution in [0.4, 0.5) is 0 Å². The maximum absolute atomic E-state index is 12.5. The molecule has 20 heavy (non-hydrogen) atoms. The summed E-state index contributed by atoms with van der Waals surface area (Å²) in [6, 6.07) is 6.63. The van der Waals surface area contributed by atoms with Crippen molar-refractivity contribution in [3.8, 4) is 0 Å². The van der Waals surface area contributed by atoms with Crippen LogP contribution in [0.15, 0.2) is 24.3 Å². The monoisotopic (exact) mass is 292 g/mol. The van der Waals surface area contributed by atoms with E-state index in [1.54, 1.807) is 11.0 Å². The van der Waals surface area contributed by atoms with Crippen LogP contribution in [0.5, 0.6) is 0 Å². The van der Waals surface area contributed by atoms with E-state index in [9.17, 15) is 9.59 Å². The van der Waals surface area contributed by atoms with E-state index in [1.807, 2.05) is 18.2 Å². The second-order valence-corrected chi connectivity index (χ2v) is 5.97. The first kappa shape index (κ1) is 13.4. The SMILES string of the molecule is C[C@@H]1C[C@@H]1C(=O)N1CCNC(=O)[C@H]1c1ccccc1Cl. The van der Waals surface area contributed by atoms with Crippen molar-refractivity contribution in [2.24, 2.45) is 11.8 Å². The zero-order chi connectivity index (χ0) is 14.3. The van der Waals surface area contributed by atoms with Crippen molar-refractivity contribution in [3.63, 3.8) is 0 Å². The third-order valence-corrected chi connectivity index (χ3v) is 4.47. The van der Waals surface area contributed by atoms with Crippen LogP contribution >= 0.6 is 11.6 Å². The molecule has 1 aliphatic carbocycles. The van der Waals surface area contributed by atoms with Crippen LogP contribution in [-0.2, 0) is 9.59 Å². The first-order chi connectivity index (χ1) is 9.59. The van der Waals surface area contributed by atoms with Gasteiger partial charge in [0, 0.05) is 29.6 Å². The summed E-state index contributed by atoms with van der Waals surface area (Å²) in [5.74, 6) is 0.438. The maximum atomic E-state index is 12.5. The fraction of sp³-hybridized carbons (Fsp3) is 0.467. The summed E-state index contributed by atoms with van der Waals surface area (Å²) in [6.45, 7) is 3.12. The summed E-state index contributed by atoms with van der Waals surface area (Å²) in [7, 11) is 0. The average Bonchev–Trinajstić information content (AvgIpc) is 3.16. The van der Waals surface area contributed by atoms with Gasteiger partial charge in [-0.3, -0.25) is 9.59 Å². The molecule has 3 rings (SSSR count). The van der Waals surface area contributed by atoms with E-state index in [0.717, 1.165) is 6.42 Å². The first-order valence-electron chi connectivity index (χ1n) is 6.92. The Bertz CT molecular complexity index is 561. The van der Waals surface area contributed by atoms with Gasteiger partial charge in [-0.25, -0.2) is 0 Å². The van der Waals surface area contributed by atoms with Crippen LogP contribution in [0, 0.1) is 11.8 Å². The zero-order valence-corrected chi connectivity index (χ0v) is 12.1. The Hall–Kier alpha value is -1.55. The van der Waals surface area contributed by atoms with Gasteiger partial charge < -0.3 is 10.2 Å². The molecule has 1 saturated carbocycles. The van der Waals surface area contributed by atoms with Gasteiger partial charge in [-0.2, -0.15) is 0 Å². The molecule has 3 atom stereocenters. The van der Waals surface area contributed by atoms with Crippen molar-refractivity contribution in [2.45, 2.75) is 19.4 Å². The summed E-state index contributed by atoms with van der Waals surface area (Å²) in [5.41, 5.74) is 0.702. The van der Waals surface area contributed by atoms with Gasteiger partial charge in [-0.1, -0.05) is 36.7 Å². The fourth-order valence-corrected chi connectivity index (χ4v) is 3.03. The van der Waals surface area contributed by atoms with Crippen molar-refractivity contribution in [1.82, 2.24) is 10.2 Å². The molecule has 2 fully saturated rings. The van der Waals surface area contributed by atoms with Crippen molar-refractivity contribution in [3.05, 3.63) is 34.9 Å². The van der Waals surface area contributed by atoms with Gasteiger partial charge in [0.25, 0.3) is 0 Å². The Morgan fingerprint density at radius 3 is 2.75 bits per heavy atom. The number of piperazine rings is 1. The Balaban J connectivity index is 1.93. The van der Waals surface area contributed by atoms with Gasteiger partial charge in [0.05, 0.1) is 0 Å². The zero-order valence-electron chi connectivity index (χ0n) is 11.3. The molecule has 4 nitrogen and oxygen atoms in total. The second kappa shape index (κ2) is 5.09. The van der Waals surface area contributed by atoms with E-state index in [-0.39, 0.29) is 17.7 Å². The number of hydrogen-bond donors (Lipinski definition) is 1. The quantitative estimate of drug-likeness (QED) is 0.906. The van der Waals surface area contributed by atoms with E-state index in [0.29, 0.717) is 29.6 Å². The number of nitrogens with one attached hydrogen (secondary N) is 1. The number of rotatable bonds is 2. The average molecular weight is 293 g/mol. The molecule has 0 radical (unpaired) electrons. The predicted molar refractivity (Wildman–Crippen MR) is 76.2 cm³/mol. The van der Waals surface area contributed by atoms with Crippen LogP contribution in [0.25, 0.3) is 0 Å². The van der Waals surface area contributed by atoms with Gasteiger partial charge in [0.1, 0.15) is 6.04 Å². The smallest absolute Gasteiger partial charge is 0.247 e. The third-order valence-electron chi connectivity index (χ3n) is 4.12. The van der Waals surface area contributed by atoms with E-state index in [2.05, 4.69) is 12.2 Å². The molecule has 0 bridgehead atoms. The predicted octanol–water partition coefficient (Wildman–Crippen LogP) is 2.00. The minimum absolute atomic E-state index is 0.0749. The van der Waals surface area contributed by atoms with Crippen LogP contribution in [0.1, 0.15) is 24.9 Å². The van der Waals surface area contributed by atoms with Gasteiger partial charge in [0.2, 0.25) is 11.8 Å². The molecule has 1 saturated heterocycles. The van der Waals surface area contributed by atoms with Crippen LogP contribution in [0.3, 0.4) is 0 Å². The van der Waals surface area contributed by atoms with Gasteiger partial charge in [0.15, 0.2) is 0 Å². The largest absolute Gasteiger partial charge is 0.352 e. The lowest BCUT2D eigenvalue weighted by Gasteiger charge is -2.36. The Kier molecular flexibility index (Phi) is 3.42. The molecule has 0 unspecified atom stereocenters. The number of benzene rings is 1. The number of carbonyl (C=O) groups is 2. The molecule has 1 aromatic carbocycles. The van der Waals surface area contributed by atoms with E-state index < -0.39 is 6.04 Å². The topological polar surface area (TPSA) is 49.4 Å². The molecule has 1 aliphatic heterocycles. The maximum Gasteiger partial charge on any atom is 0.247 e. The van der Waals surface area contributed by atoms with E-state index in [4.69, 9.17) is 11.6 Å². The van der Waals surface area contributed by atoms with Gasteiger partial charge in [-0.05, 0) is 18.4 Å². The number of halogens is 1. The summed E-state index contributed by atoms with van der Waals surface area (Å²) in [4.78, 5) is 26.4. The lowest BCUT2D eigenvalue weighted by atomic mass is 10.0. The van der Waals surface area contributed by atoms with Gasteiger partial charge in [-0.15, -0.1) is 0 Å². The molecule has 2 amide bonds. The minimum Gasteiger partial charge on any atom is -0.352 e. The summed E-state index contributed by atoms with van der Waals surface area (Å²) >= 11 is 6.20. The molecule has 0 spiro atoms. The van der Waals surface area contributed by atoms with Crippen molar-refractivity contribution >= 4 is 23.4 Å². The minimum atomic E-state index is -0.599. The van der Waals surface area contributed by atoms with Crippen molar-refractivity contribution in [1.29, 1.82) is 0 Å². The fourth-order valence-electron chi connectivity index (χ4n) is 2.79. The normalized spacial score (nSPS) is 29.0. The Morgan fingerprint density at radius 1 is 1.40 bits per heavy atom. The van der Waals surface area contributed by atoms with Crippen LogP contribution in [0.2, 0.25) is 5.02 Å². The first-order valence-corrected chi connectivity index (χ1v) is 7.30. The molecular weight excluding hydrogens is 276 g/mol. The lowest BCUT2D eigenvalue weighted by Crippen LogP contribution is -2.52. The molecular formula is C15H17ClN2O2. The highest BCUT2D eigenvalue weighted by Crippen LogP contribution is 2.41. The second-order valence-electron chi connectivity index (χ2n) is 5.57. The molecule has 2 aliphatic rings. The third kappa shape index (κ3) is 2.29. The van der Waals surface area contributed by atoms with Crippen molar-refractivity contribution < 1.29 is 9.59 Å². The molecule has 1 heterocycles. The van der Waals surface area contributed by atoms with E-state index in [1.165, 1.54) is 0 Å². The lowest BCUT2D eigenvalue weighted by molar-refractivity contribution is -0.144. The molecule has 106 valence electrons. The van der Waals surface area contributed by atoms with Crippen molar-refractivity contribution in [2.75, 3.05) is 13.1 Å². The Labute approximate surface area is 123 Å². The highest BCUT2D eigenvalue weighted by Gasteiger charge is 2.45. The molecule has 1 aromatic rings. The highest BCUT2D eigenvalue weighted by atomic mass is 35.5. The summed E-state index contributed by atoms with van der Waals surface area (Å²) in [6.07, 6.45) is 0.923.